The highest BCUT2D eigenvalue weighted by Crippen LogP contribution is 2.31. The van der Waals surface area contributed by atoms with Crippen molar-refractivity contribution < 1.29 is 18.3 Å². The van der Waals surface area contributed by atoms with Crippen LogP contribution in [0.5, 0.6) is 0 Å². The summed E-state index contributed by atoms with van der Waals surface area (Å²) < 4.78 is 40.1. The SMILES string of the molecule is Cn1c(C(F)(F)F)cc(=O)c2ccc(Nc3ncc(CO)s3)cc21. The zero-order valence-electron chi connectivity index (χ0n) is 12.4. The van der Waals surface area contributed by atoms with Crippen molar-refractivity contribution in [1.82, 2.24) is 9.55 Å². The molecule has 0 spiro atoms. The van der Waals surface area contributed by atoms with Crippen LogP contribution < -0.4 is 10.7 Å². The second-order valence-corrected chi connectivity index (χ2v) is 6.21. The minimum absolute atomic E-state index is 0.138. The summed E-state index contributed by atoms with van der Waals surface area (Å²) in [5.41, 5.74) is -1.03. The smallest absolute Gasteiger partial charge is 0.391 e. The normalized spacial score (nSPS) is 11.9. The zero-order chi connectivity index (χ0) is 17.5. The van der Waals surface area contributed by atoms with Gasteiger partial charge in [-0.2, -0.15) is 13.2 Å². The highest BCUT2D eigenvalue weighted by atomic mass is 32.1. The van der Waals surface area contributed by atoms with Crippen LogP contribution in [0.3, 0.4) is 0 Å². The van der Waals surface area contributed by atoms with Crippen molar-refractivity contribution in [2.75, 3.05) is 5.32 Å². The summed E-state index contributed by atoms with van der Waals surface area (Å²) in [6.45, 7) is -0.138. The van der Waals surface area contributed by atoms with Gasteiger partial charge in [-0.1, -0.05) is 11.3 Å². The van der Waals surface area contributed by atoms with E-state index < -0.39 is 17.3 Å². The Morgan fingerprint density at radius 2 is 2.08 bits per heavy atom. The summed E-state index contributed by atoms with van der Waals surface area (Å²) in [5, 5.41) is 12.7. The van der Waals surface area contributed by atoms with E-state index in [4.69, 9.17) is 5.11 Å². The molecule has 1 aromatic carbocycles. The number of thiazole rings is 1. The van der Waals surface area contributed by atoms with E-state index in [-0.39, 0.29) is 17.5 Å². The first-order valence-electron chi connectivity index (χ1n) is 6.83. The molecule has 0 aliphatic rings. The number of alkyl halides is 3. The van der Waals surface area contributed by atoms with E-state index in [0.29, 0.717) is 21.8 Å². The highest BCUT2D eigenvalue weighted by molar-refractivity contribution is 7.15. The molecular weight excluding hydrogens is 343 g/mol. The number of anilines is 2. The largest absolute Gasteiger partial charge is 0.431 e. The molecule has 3 rings (SSSR count). The molecule has 2 N–H and O–H groups in total. The lowest BCUT2D eigenvalue weighted by atomic mass is 10.1. The Labute approximate surface area is 138 Å². The summed E-state index contributed by atoms with van der Waals surface area (Å²) >= 11 is 1.23. The first-order valence-corrected chi connectivity index (χ1v) is 7.65. The second-order valence-electron chi connectivity index (χ2n) is 5.10. The maximum atomic E-state index is 13.0. The minimum Gasteiger partial charge on any atom is -0.391 e. The van der Waals surface area contributed by atoms with E-state index >= 15 is 0 Å². The summed E-state index contributed by atoms with van der Waals surface area (Å²) in [5.74, 6) is 0. The third-order valence-electron chi connectivity index (χ3n) is 3.50. The minimum atomic E-state index is -4.61. The van der Waals surface area contributed by atoms with Crippen LogP contribution in [0.25, 0.3) is 10.9 Å². The Kier molecular flexibility index (Phi) is 4.06. The first kappa shape index (κ1) is 16.5. The summed E-state index contributed by atoms with van der Waals surface area (Å²) in [6.07, 6.45) is -3.11. The Balaban J connectivity index is 2.09. The number of aromatic nitrogens is 2. The van der Waals surface area contributed by atoms with Crippen LogP contribution >= 0.6 is 11.3 Å². The topological polar surface area (TPSA) is 67.2 Å². The van der Waals surface area contributed by atoms with Crippen LogP contribution in [-0.2, 0) is 19.8 Å². The molecule has 0 saturated heterocycles. The molecule has 0 saturated carbocycles. The van der Waals surface area contributed by atoms with Gasteiger partial charge in [0, 0.05) is 30.4 Å². The number of aliphatic hydroxyl groups excluding tert-OH is 1. The molecule has 5 nitrogen and oxygen atoms in total. The van der Waals surface area contributed by atoms with Gasteiger partial charge in [-0.3, -0.25) is 4.79 Å². The van der Waals surface area contributed by atoms with E-state index in [1.165, 1.54) is 36.7 Å². The lowest BCUT2D eigenvalue weighted by Gasteiger charge is -2.15. The Morgan fingerprint density at radius 1 is 1.33 bits per heavy atom. The van der Waals surface area contributed by atoms with Gasteiger partial charge in [-0.15, -0.1) is 0 Å². The van der Waals surface area contributed by atoms with Crippen LogP contribution in [-0.4, -0.2) is 14.7 Å². The molecular formula is C15H12F3N3O2S. The second kappa shape index (κ2) is 5.91. The van der Waals surface area contributed by atoms with E-state index in [1.807, 2.05) is 0 Å². The number of pyridine rings is 1. The third-order valence-corrected chi connectivity index (χ3v) is 4.40. The fourth-order valence-corrected chi connectivity index (χ4v) is 3.05. The fraction of sp³-hybridized carbons (Fsp3) is 0.200. The molecule has 0 aliphatic carbocycles. The van der Waals surface area contributed by atoms with Crippen LogP contribution in [0, 0.1) is 0 Å². The first-order chi connectivity index (χ1) is 11.3. The van der Waals surface area contributed by atoms with Crippen LogP contribution in [0.4, 0.5) is 24.0 Å². The molecule has 0 amide bonds. The number of nitrogens with zero attached hydrogens (tertiary/aromatic N) is 2. The van der Waals surface area contributed by atoms with Crippen LogP contribution in [0.2, 0.25) is 0 Å². The van der Waals surface area contributed by atoms with Crippen molar-refractivity contribution in [2.45, 2.75) is 12.8 Å². The molecule has 0 unspecified atom stereocenters. The highest BCUT2D eigenvalue weighted by Gasteiger charge is 2.34. The lowest BCUT2D eigenvalue weighted by molar-refractivity contribution is -0.143. The van der Waals surface area contributed by atoms with Gasteiger partial charge in [0.05, 0.1) is 17.0 Å². The van der Waals surface area contributed by atoms with Crippen molar-refractivity contribution in [1.29, 1.82) is 0 Å². The van der Waals surface area contributed by atoms with Gasteiger partial charge in [-0.25, -0.2) is 4.98 Å². The molecule has 126 valence electrons. The van der Waals surface area contributed by atoms with E-state index in [1.54, 1.807) is 6.07 Å². The van der Waals surface area contributed by atoms with Crippen molar-refractivity contribution in [3.05, 3.63) is 51.3 Å². The van der Waals surface area contributed by atoms with Gasteiger partial charge < -0.3 is 15.0 Å². The molecule has 3 aromatic rings. The van der Waals surface area contributed by atoms with Gasteiger partial charge in [-0.05, 0) is 18.2 Å². The maximum absolute atomic E-state index is 13.0. The number of hydrogen-bond acceptors (Lipinski definition) is 5. The Morgan fingerprint density at radius 3 is 2.71 bits per heavy atom. The van der Waals surface area contributed by atoms with E-state index in [0.717, 1.165) is 4.57 Å². The van der Waals surface area contributed by atoms with Gasteiger partial charge in [0.1, 0.15) is 5.69 Å². The molecule has 9 heteroatoms. The number of benzene rings is 1. The molecule has 0 aliphatic heterocycles. The van der Waals surface area contributed by atoms with E-state index in [9.17, 15) is 18.0 Å². The van der Waals surface area contributed by atoms with Gasteiger partial charge >= 0.3 is 6.18 Å². The molecule has 2 aromatic heterocycles. The van der Waals surface area contributed by atoms with Crippen molar-refractivity contribution >= 4 is 33.1 Å². The number of aryl methyl sites for hydroxylation is 1. The molecule has 0 radical (unpaired) electrons. The average molecular weight is 355 g/mol. The number of rotatable bonds is 3. The predicted molar refractivity (Wildman–Crippen MR) is 85.5 cm³/mol. The van der Waals surface area contributed by atoms with Crippen LogP contribution in [0.15, 0.2) is 35.3 Å². The summed E-state index contributed by atoms with van der Waals surface area (Å²) in [4.78, 5) is 16.7. The summed E-state index contributed by atoms with van der Waals surface area (Å²) in [6, 6.07) is 5.13. The molecule has 2 heterocycles. The van der Waals surface area contributed by atoms with Gasteiger partial charge in [0.15, 0.2) is 10.6 Å². The monoisotopic (exact) mass is 355 g/mol. The number of aliphatic hydroxyl groups is 1. The quantitative estimate of drug-likeness (QED) is 0.757. The standard InChI is InChI=1S/C15H12F3N3O2S/c1-21-11-4-8(20-14-19-6-9(7-22)24-14)2-3-10(11)12(23)5-13(21)15(16,17)18/h2-6,22H,7H2,1H3,(H,19,20). The number of halogens is 3. The summed E-state index contributed by atoms with van der Waals surface area (Å²) in [7, 11) is 1.27. The fourth-order valence-electron chi connectivity index (χ4n) is 2.36. The van der Waals surface area contributed by atoms with Crippen molar-refractivity contribution in [3.8, 4) is 0 Å². The van der Waals surface area contributed by atoms with Crippen LogP contribution in [0.1, 0.15) is 10.6 Å². The maximum Gasteiger partial charge on any atom is 0.431 e. The zero-order valence-corrected chi connectivity index (χ0v) is 13.2. The lowest BCUT2D eigenvalue weighted by Crippen LogP contribution is -2.19. The van der Waals surface area contributed by atoms with Crippen molar-refractivity contribution in [3.63, 3.8) is 0 Å². The molecule has 0 atom stereocenters. The van der Waals surface area contributed by atoms with Crippen molar-refractivity contribution in [2.24, 2.45) is 7.05 Å². The molecule has 24 heavy (non-hydrogen) atoms. The Hall–Kier alpha value is -2.39. The molecule has 0 fully saturated rings. The third kappa shape index (κ3) is 3.00. The average Bonchev–Trinajstić information content (AvgIpc) is 2.97. The Bertz CT molecular complexity index is 963. The van der Waals surface area contributed by atoms with E-state index in [2.05, 4.69) is 10.3 Å². The number of hydrogen-bond donors (Lipinski definition) is 2. The van der Waals surface area contributed by atoms with Gasteiger partial charge in [0.2, 0.25) is 0 Å². The molecule has 0 bridgehead atoms. The van der Waals surface area contributed by atoms with Gasteiger partial charge in [0.25, 0.3) is 0 Å². The predicted octanol–water partition coefficient (Wildman–Crippen LogP) is 3.25. The number of fused-ring (bicyclic) bond motifs is 1. The number of nitrogens with one attached hydrogen (secondary N) is 1.